The number of barbiturate groups is 1. The molecule has 2 heterocycles. The smallest absolute Gasteiger partial charge is 0.331 e. The SMILES string of the molecule is Cc1cc(CN2C(=O)NC(=O)C3(CCCCC3)C2=O)no1. The third kappa shape index (κ3) is 2.22. The molecule has 0 aromatic carbocycles. The van der Waals surface area contributed by atoms with Gasteiger partial charge in [0.2, 0.25) is 11.8 Å². The number of aromatic nitrogens is 1. The first-order valence-electron chi connectivity index (χ1n) is 7.12. The van der Waals surface area contributed by atoms with Crippen molar-refractivity contribution in [2.45, 2.75) is 45.6 Å². The number of hydrogen-bond donors (Lipinski definition) is 1. The lowest BCUT2D eigenvalue weighted by atomic mass is 9.71. The van der Waals surface area contributed by atoms with Crippen LogP contribution in [0, 0.1) is 12.3 Å². The van der Waals surface area contributed by atoms with E-state index in [0.717, 1.165) is 24.2 Å². The maximum absolute atomic E-state index is 12.7. The first-order valence-corrected chi connectivity index (χ1v) is 7.12. The Morgan fingerprint density at radius 1 is 1.29 bits per heavy atom. The van der Waals surface area contributed by atoms with Crippen molar-refractivity contribution in [1.29, 1.82) is 0 Å². The molecule has 112 valence electrons. The average Bonchev–Trinajstić information content (AvgIpc) is 2.88. The largest absolute Gasteiger partial charge is 0.361 e. The number of urea groups is 1. The Bertz CT molecular complexity index is 601. The van der Waals surface area contributed by atoms with E-state index >= 15 is 0 Å². The Morgan fingerprint density at radius 2 is 2.00 bits per heavy atom. The van der Waals surface area contributed by atoms with Crippen molar-refractivity contribution in [3.63, 3.8) is 0 Å². The predicted molar refractivity (Wildman–Crippen MR) is 70.8 cm³/mol. The number of carbonyl (C=O) groups excluding carboxylic acids is 3. The lowest BCUT2D eigenvalue weighted by molar-refractivity contribution is -0.154. The molecular weight excluding hydrogens is 274 g/mol. The summed E-state index contributed by atoms with van der Waals surface area (Å²) < 4.78 is 4.95. The molecule has 0 unspecified atom stereocenters. The molecule has 3 rings (SSSR count). The summed E-state index contributed by atoms with van der Waals surface area (Å²) in [6.07, 6.45) is 3.66. The summed E-state index contributed by atoms with van der Waals surface area (Å²) in [5.41, 5.74) is -0.582. The van der Waals surface area contributed by atoms with Gasteiger partial charge in [0.15, 0.2) is 0 Å². The second-order valence-corrected chi connectivity index (χ2v) is 5.72. The highest BCUT2D eigenvalue weighted by atomic mass is 16.5. The van der Waals surface area contributed by atoms with E-state index in [-0.39, 0.29) is 6.54 Å². The number of nitrogens with zero attached hydrogens (tertiary/aromatic N) is 2. The molecule has 1 aromatic heterocycles. The highest BCUT2D eigenvalue weighted by molar-refractivity contribution is 6.19. The van der Waals surface area contributed by atoms with E-state index < -0.39 is 23.3 Å². The van der Waals surface area contributed by atoms with Gasteiger partial charge in [-0.15, -0.1) is 0 Å². The third-order valence-electron chi connectivity index (χ3n) is 4.26. The number of carbonyl (C=O) groups is 3. The molecule has 1 saturated heterocycles. The normalized spacial score (nSPS) is 21.8. The number of aryl methyl sites for hydroxylation is 1. The topological polar surface area (TPSA) is 92.5 Å². The van der Waals surface area contributed by atoms with Crippen molar-refractivity contribution >= 4 is 17.8 Å². The van der Waals surface area contributed by atoms with Gasteiger partial charge in [-0.3, -0.25) is 19.8 Å². The Labute approximate surface area is 121 Å². The van der Waals surface area contributed by atoms with Crippen molar-refractivity contribution in [1.82, 2.24) is 15.4 Å². The first-order chi connectivity index (χ1) is 10.0. The van der Waals surface area contributed by atoms with E-state index in [1.165, 1.54) is 0 Å². The summed E-state index contributed by atoms with van der Waals surface area (Å²) in [5, 5.41) is 6.11. The minimum absolute atomic E-state index is 0.0248. The molecule has 1 aromatic rings. The summed E-state index contributed by atoms with van der Waals surface area (Å²) in [6.45, 7) is 1.76. The number of amides is 4. The zero-order chi connectivity index (χ0) is 15.0. The lowest BCUT2D eigenvalue weighted by Gasteiger charge is -2.41. The Morgan fingerprint density at radius 3 is 2.62 bits per heavy atom. The molecule has 1 aliphatic carbocycles. The van der Waals surface area contributed by atoms with Crippen LogP contribution in [0.5, 0.6) is 0 Å². The van der Waals surface area contributed by atoms with Crippen molar-refractivity contribution in [3.8, 4) is 0 Å². The van der Waals surface area contributed by atoms with E-state index in [4.69, 9.17) is 4.52 Å². The fourth-order valence-electron chi connectivity index (χ4n) is 3.13. The summed E-state index contributed by atoms with van der Waals surface area (Å²) in [4.78, 5) is 37.9. The van der Waals surface area contributed by atoms with Crippen molar-refractivity contribution in [3.05, 3.63) is 17.5 Å². The highest BCUT2D eigenvalue weighted by Gasteiger charge is 2.53. The Balaban J connectivity index is 1.87. The van der Waals surface area contributed by atoms with E-state index in [2.05, 4.69) is 10.5 Å². The fourth-order valence-corrected chi connectivity index (χ4v) is 3.13. The summed E-state index contributed by atoms with van der Waals surface area (Å²) in [7, 11) is 0. The highest BCUT2D eigenvalue weighted by Crippen LogP contribution is 2.40. The van der Waals surface area contributed by atoms with Crippen LogP contribution >= 0.6 is 0 Å². The van der Waals surface area contributed by atoms with Gasteiger partial charge in [-0.2, -0.15) is 0 Å². The zero-order valence-corrected chi connectivity index (χ0v) is 11.8. The number of hydrogen-bond acceptors (Lipinski definition) is 5. The van der Waals surface area contributed by atoms with Gasteiger partial charge in [-0.1, -0.05) is 24.4 Å². The van der Waals surface area contributed by atoms with Gasteiger partial charge >= 0.3 is 6.03 Å². The molecule has 2 aliphatic rings. The van der Waals surface area contributed by atoms with Crippen LogP contribution in [0.2, 0.25) is 0 Å². The molecule has 2 fully saturated rings. The molecule has 0 atom stereocenters. The molecule has 21 heavy (non-hydrogen) atoms. The van der Waals surface area contributed by atoms with Crippen molar-refractivity contribution in [2.24, 2.45) is 5.41 Å². The molecule has 4 amide bonds. The van der Waals surface area contributed by atoms with Crippen LogP contribution in [-0.2, 0) is 16.1 Å². The van der Waals surface area contributed by atoms with Gasteiger partial charge in [0.25, 0.3) is 0 Å². The van der Waals surface area contributed by atoms with Crippen LogP contribution < -0.4 is 5.32 Å². The van der Waals surface area contributed by atoms with Crippen LogP contribution in [0.4, 0.5) is 4.79 Å². The van der Waals surface area contributed by atoms with Crippen molar-refractivity contribution < 1.29 is 18.9 Å². The molecule has 1 aliphatic heterocycles. The molecule has 0 radical (unpaired) electrons. The van der Waals surface area contributed by atoms with Gasteiger partial charge in [-0.05, 0) is 19.8 Å². The van der Waals surface area contributed by atoms with Gasteiger partial charge in [-0.25, -0.2) is 4.79 Å². The fraction of sp³-hybridized carbons (Fsp3) is 0.571. The molecular formula is C14H17N3O4. The molecule has 1 N–H and O–H groups in total. The second kappa shape index (κ2) is 4.98. The monoisotopic (exact) mass is 291 g/mol. The summed E-state index contributed by atoms with van der Waals surface area (Å²) in [5.74, 6) is -0.250. The maximum Gasteiger partial charge on any atom is 0.331 e. The molecule has 7 nitrogen and oxygen atoms in total. The summed E-state index contributed by atoms with van der Waals surface area (Å²) in [6, 6.07) is 0.992. The van der Waals surface area contributed by atoms with Crippen LogP contribution in [0.1, 0.15) is 43.6 Å². The van der Waals surface area contributed by atoms with E-state index in [1.54, 1.807) is 13.0 Å². The Kier molecular flexibility index (Phi) is 3.27. The summed E-state index contributed by atoms with van der Waals surface area (Å²) >= 11 is 0. The molecule has 0 bridgehead atoms. The van der Waals surface area contributed by atoms with Crippen LogP contribution in [0.3, 0.4) is 0 Å². The predicted octanol–water partition coefficient (Wildman–Crippen LogP) is 1.51. The minimum Gasteiger partial charge on any atom is -0.361 e. The Hall–Kier alpha value is -2.18. The van der Waals surface area contributed by atoms with Gasteiger partial charge in [0, 0.05) is 6.07 Å². The standard InChI is InChI=1S/C14H17N3O4/c1-9-7-10(16-21-9)8-17-12(19)14(5-3-2-4-6-14)11(18)15-13(17)20/h7H,2-6,8H2,1H3,(H,15,18,20). The van der Waals surface area contributed by atoms with Gasteiger partial charge in [0.05, 0.1) is 6.54 Å². The van der Waals surface area contributed by atoms with Gasteiger partial charge in [0.1, 0.15) is 16.9 Å². The maximum atomic E-state index is 12.7. The average molecular weight is 291 g/mol. The van der Waals surface area contributed by atoms with Crippen LogP contribution in [0.25, 0.3) is 0 Å². The van der Waals surface area contributed by atoms with Crippen LogP contribution in [-0.4, -0.2) is 27.9 Å². The second-order valence-electron chi connectivity index (χ2n) is 5.72. The molecule has 1 spiro atoms. The van der Waals surface area contributed by atoms with E-state index in [0.29, 0.717) is 24.3 Å². The number of nitrogens with one attached hydrogen (secondary N) is 1. The van der Waals surface area contributed by atoms with E-state index in [9.17, 15) is 14.4 Å². The number of imide groups is 2. The van der Waals surface area contributed by atoms with Crippen LogP contribution in [0.15, 0.2) is 10.6 Å². The third-order valence-corrected chi connectivity index (χ3v) is 4.26. The van der Waals surface area contributed by atoms with E-state index in [1.807, 2.05) is 0 Å². The molecule has 1 saturated carbocycles. The number of rotatable bonds is 2. The first kappa shape index (κ1) is 13.8. The lowest BCUT2D eigenvalue weighted by Crippen LogP contribution is -2.64. The van der Waals surface area contributed by atoms with Crippen molar-refractivity contribution in [2.75, 3.05) is 0 Å². The molecule has 7 heteroatoms. The van der Waals surface area contributed by atoms with Gasteiger partial charge < -0.3 is 4.52 Å². The zero-order valence-electron chi connectivity index (χ0n) is 11.8. The quantitative estimate of drug-likeness (QED) is 0.834. The minimum atomic E-state index is -1.08.